The average molecular weight is 505 g/mol. The number of rotatable bonds is 7. The molecule has 0 radical (unpaired) electrons. The molecule has 10 nitrogen and oxygen atoms in total. The summed E-state index contributed by atoms with van der Waals surface area (Å²) in [6.07, 6.45) is 0.835. The monoisotopic (exact) mass is 504 g/mol. The number of amides is 1. The van der Waals surface area contributed by atoms with Crippen LogP contribution in [0.15, 0.2) is 39.7 Å². The number of hydrogen-bond donors (Lipinski definition) is 1. The van der Waals surface area contributed by atoms with Gasteiger partial charge < -0.3 is 19.7 Å². The van der Waals surface area contributed by atoms with Crippen LogP contribution in [0, 0.1) is 0 Å². The third kappa shape index (κ3) is 5.74. The van der Waals surface area contributed by atoms with Crippen molar-refractivity contribution in [1.82, 2.24) is 15.1 Å². The molecule has 4 rings (SSSR count). The smallest absolute Gasteiger partial charge is 0.302 e. The molecule has 0 aromatic heterocycles. The molecule has 1 amide bonds. The largest absolute Gasteiger partial charge is 0.465 e. The van der Waals surface area contributed by atoms with Crippen LogP contribution in [0.25, 0.3) is 5.70 Å². The quantitative estimate of drug-likeness (QED) is 0.417. The van der Waals surface area contributed by atoms with Gasteiger partial charge in [0.05, 0.1) is 23.9 Å². The van der Waals surface area contributed by atoms with E-state index in [9.17, 15) is 18.0 Å². The van der Waals surface area contributed by atoms with Crippen LogP contribution >= 0.6 is 0 Å². The highest BCUT2D eigenvalue weighted by Gasteiger charge is 2.37. The average Bonchev–Trinajstić information content (AvgIpc) is 3.29. The first-order valence-electron chi connectivity index (χ1n) is 11.8. The lowest BCUT2D eigenvalue weighted by Gasteiger charge is -2.31. The Morgan fingerprint density at radius 3 is 2.66 bits per heavy atom. The molecule has 1 aromatic carbocycles. The number of carbonyl (C=O) groups is 2. The lowest BCUT2D eigenvalue weighted by atomic mass is 10.0. The molecule has 0 aliphatic carbocycles. The number of ether oxygens (including phenoxy) is 2. The summed E-state index contributed by atoms with van der Waals surface area (Å²) in [7, 11) is -2.12. The van der Waals surface area contributed by atoms with Crippen LogP contribution < -0.4 is 5.32 Å². The molecule has 0 saturated carbocycles. The highest BCUT2D eigenvalue weighted by atomic mass is 32.2. The van der Waals surface area contributed by atoms with E-state index in [-0.39, 0.29) is 34.3 Å². The van der Waals surface area contributed by atoms with Crippen molar-refractivity contribution in [2.45, 2.75) is 24.3 Å². The number of likely N-dealkylation sites (tertiary alicyclic amines) is 1. The van der Waals surface area contributed by atoms with Gasteiger partial charge in [-0.25, -0.2) is 8.42 Å². The zero-order valence-corrected chi connectivity index (χ0v) is 21.0. The Morgan fingerprint density at radius 1 is 1.20 bits per heavy atom. The summed E-state index contributed by atoms with van der Waals surface area (Å²) in [5, 5.41) is 3.55. The van der Waals surface area contributed by atoms with E-state index in [4.69, 9.17) is 9.47 Å². The second kappa shape index (κ2) is 10.9. The number of esters is 1. The number of morpholine rings is 1. The van der Waals surface area contributed by atoms with E-state index in [0.717, 1.165) is 13.0 Å². The van der Waals surface area contributed by atoms with Gasteiger partial charge in [-0.2, -0.15) is 0 Å². The molecule has 2 saturated heterocycles. The number of sulfone groups is 1. The Labute approximate surface area is 205 Å². The van der Waals surface area contributed by atoms with Crippen LogP contribution in [0.4, 0.5) is 0 Å². The lowest BCUT2D eigenvalue weighted by Crippen LogP contribution is -2.46. The van der Waals surface area contributed by atoms with E-state index in [1.165, 1.54) is 14.0 Å². The molecule has 2 fully saturated rings. The van der Waals surface area contributed by atoms with Gasteiger partial charge in [0.1, 0.15) is 12.3 Å². The molecule has 3 aliphatic heterocycles. The highest BCUT2D eigenvalue weighted by Crippen LogP contribution is 2.34. The fourth-order valence-corrected chi connectivity index (χ4v) is 6.36. The summed E-state index contributed by atoms with van der Waals surface area (Å²) in [6, 6.07) is 6.93. The van der Waals surface area contributed by atoms with E-state index >= 15 is 0 Å². The molecule has 190 valence electrons. The van der Waals surface area contributed by atoms with Crippen molar-refractivity contribution < 1.29 is 27.5 Å². The summed E-state index contributed by atoms with van der Waals surface area (Å²) in [6.45, 7) is 5.66. The van der Waals surface area contributed by atoms with E-state index in [1.807, 2.05) is 0 Å². The fourth-order valence-electron chi connectivity index (χ4n) is 4.75. The van der Waals surface area contributed by atoms with Gasteiger partial charge >= 0.3 is 5.97 Å². The minimum absolute atomic E-state index is 0.0442. The molecule has 1 aromatic rings. The van der Waals surface area contributed by atoms with Crippen LogP contribution in [0.5, 0.6) is 0 Å². The van der Waals surface area contributed by atoms with E-state index in [2.05, 4.69) is 15.2 Å². The van der Waals surface area contributed by atoms with Crippen molar-refractivity contribution in [2.24, 2.45) is 4.99 Å². The minimum Gasteiger partial charge on any atom is -0.465 e. The Balaban J connectivity index is 1.64. The number of nitrogens with one attached hydrogen (secondary N) is 1. The van der Waals surface area contributed by atoms with Gasteiger partial charge in [0.2, 0.25) is 0 Å². The molecule has 0 bridgehead atoms. The summed E-state index contributed by atoms with van der Waals surface area (Å²) in [4.78, 5) is 32.8. The Morgan fingerprint density at radius 2 is 1.94 bits per heavy atom. The van der Waals surface area contributed by atoms with Crippen molar-refractivity contribution in [1.29, 1.82) is 0 Å². The molecule has 1 unspecified atom stereocenters. The van der Waals surface area contributed by atoms with Gasteiger partial charge in [0.15, 0.2) is 9.84 Å². The van der Waals surface area contributed by atoms with E-state index in [1.54, 1.807) is 29.2 Å². The van der Waals surface area contributed by atoms with Crippen LogP contribution in [0.1, 0.15) is 18.9 Å². The van der Waals surface area contributed by atoms with Crippen molar-refractivity contribution in [3.63, 3.8) is 0 Å². The van der Waals surface area contributed by atoms with Gasteiger partial charge in [-0.1, -0.05) is 18.2 Å². The van der Waals surface area contributed by atoms with Gasteiger partial charge in [-0.05, 0) is 12.5 Å². The van der Waals surface area contributed by atoms with Gasteiger partial charge in [0.25, 0.3) is 5.91 Å². The van der Waals surface area contributed by atoms with Crippen molar-refractivity contribution >= 4 is 33.1 Å². The maximum absolute atomic E-state index is 13.4. The molecule has 3 heterocycles. The molecule has 3 aliphatic rings. The summed E-state index contributed by atoms with van der Waals surface area (Å²) < 4.78 is 36.8. The minimum atomic E-state index is -3.64. The predicted octanol–water partition coefficient (Wildman–Crippen LogP) is 0.342. The zero-order valence-electron chi connectivity index (χ0n) is 20.2. The number of carbonyl (C=O) groups excluding carboxylic acids is 2. The molecule has 35 heavy (non-hydrogen) atoms. The molecular weight excluding hydrogens is 472 g/mol. The topological polar surface area (TPSA) is 118 Å². The third-order valence-electron chi connectivity index (χ3n) is 6.47. The first-order valence-corrected chi connectivity index (χ1v) is 13.5. The predicted molar refractivity (Wildman–Crippen MR) is 131 cm³/mol. The molecule has 11 heteroatoms. The summed E-state index contributed by atoms with van der Waals surface area (Å²) in [5.41, 5.74) is 1.77. The summed E-state index contributed by atoms with van der Waals surface area (Å²) in [5.74, 6) is -0.878. The Kier molecular flexibility index (Phi) is 7.88. The molecule has 0 spiro atoms. The first-order chi connectivity index (χ1) is 16.8. The maximum atomic E-state index is 13.4. The number of aliphatic imine (C=N–C) groups is 1. The molecule has 1 N–H and O–H groups in total. The third-order valence-corrected chi connectivity index (χ3v) is 8.17. The number of hydrogen-bond acceptors (Lipinski definition) is 9. The Bertz CT molecular complexity index is 1140. The Hall–Kier alpha value is -2.76. The maximum Gasteiger partial charge on any atom is 0.302 e. The van der Waals surface area contributed by atoms with Gasteiger partial charge in [-0.15, -0.1) is 0 Å². The van der Waals surface area contributed by atoms with Crippen LogP contribution in [-0.4, -0.2) is 107 Å². The SMILES string of the molecule is C/N=C(/C(=O)N1CCOCC1)C1=C(NC2CCN(CCOC(C)=O)C2)c2ccccc2S(=O)(=O)C1. The second-order valence-electron chi connectivity index (χ2n) is 8.86. The van der Waals surface area contributed by atoms with Crippen molar-refractivity contribution in [2.75, 3.05) is 65.3 Å². The number of benzene rings is 1. The standard InChI is InChI=1S/C24H32N4O6S/c1-17(29)34-14-9-27-8-7-18(15-27)26-22-19-5-3-4-6-21(19)35(31,32)16-20(22)23(25-2)24(30)28-10-12-33-13-11-28/h3-6,18,26H,7-16H2,1-2H3/b25-23+. The van der Waals surface area contributed by atoms with Crippen LogP contribution in [-0.2, 0) is 28.9 Å². The molecule has 1 atom stereocenters. The van der Waals surface area contributed by atoms with Crippen molar-refractivity contribution in [3.05, 3.63) is 35.4 Å². The first kappa shape index (κ1) is 25.3. The van der Waals surface area contributed by atoms with Gasteiger partial charge in [0, 0.05) is 69.6 Å². The van der Waals surface area contributed by atoms with Crippen LogP contribution in [0.3, 0.4) is 0 Å². The molecular formula is C24H32N4O6S. The number of nitrogens with zero attached hydrogens (tertiary/aromatic N) is 3. The fraction of sp³-hybridized carbons (Fsp3) is 0.542. The number of fused-ring (bicyclic) bond motifs is 1. The van der Waals surface area contributed by atoms with Gasteiger partial charge in [-0.3, -0.25) is 19.5 Å². The van der Waals surface area contributed by atoms with E-state index in [0.29, 0.717) is 62.8 Å². The second-order valence-corrected chi connectivity index (χ2v) is 10.8. The zero-order chi connectivity index (χ0) is 25.0. The normalized spacial score (nSPS) is 22.6. The summed E-state index contributed by atoms with van der Waals surface area (Å²) >= 11 is 0. The van der Waals surface area contributed by atoms with Crippen LogP contribution in [0.2, 0.25) is 0 Å². The highest BCUT2D eigenvalue weighted by molar-refractivity contribution is 7.91. The lowest BCUT2D eigenvalue weighted by molar-refractivity contribution is -0.141. The van der Waals surface area contributed by atoms with E-state index < -0.39 is 9.84 Å². The van der Waals surface area contributed by atoms with Crippen molar-refractivity contribution in [3.8, 4) is 0 Å².